The number of nitrogens with zero attached hydrogens (tertiary/aromatic N) is 2. The Kier molecular flexibility index (Phi) is 7.08. The normalized spacial score (nSPS) is 20.7. The lowest BCUT2D eigenvalue weighted by Crippen LogP contribution is -2.43. The molecule has 1 amide bonds. The molecule has 1 aromatic carbocycles. The molecule has 6 nitrogen and oxygen atoms in total. The Balaban J connectivity index is 2.10. The van der Waals surface area contributed by atoms with Gasteiger partial charge in [-0.1, -0.05) is 0 Å². The highest BCUT2D eigenvalue weighted by atomic mass is 16.5. The average Bonchev–Trinajstić information content (AvgIpc) is 2.88. The van der Waals surface area contributed by atoms with Gasteiger partial charge in [-0.25, -0.2) is 0 Å². The molecule has 1 saturated heterocycles. The number of benzene rings is 1. The monoisotopic (exact) mass is 349 g/mol. The summed E-state index contributed by atoms with van der Waals surface area (Å²) in [5, 5.41) is 3.20. The van der Waals surface area contributed by atoms with Crippen molar-refractivity contribution < 1.29 is 14.3 Å². The molecular weight excluding hydrogens is 318 g/mol. The van der Waals surface area contributed by atoms with Crippen molar-refractivity contribution in [2.45, 2.75) is 19.9 Å². The topological polar surface area (TPSA) is 54.0 Å². The minimum absolute atomic E-state index is 0.0620. The zero-order chi connectivity index (χ0) is 18.4. The van der Waals surface area contributed by atoms with Gasteiger partial charge in [0.05, 0.1) is 13.2 Å². The first-order chi connectivity index (χ1) is 11.9. The van der Waals surface area contributed by atoms with Crippen molar-refractivity contribution in [1.29, 1.82) is 0 Å². The first kappa shape index (κ1) is 19.5. The van der Waals surface area contributed by atoms with Crippen molar-refractivity contribution >= 4 is 5.91 Å². The van der Waals surface area contributed by atoms with Crippen LogP contribution in [0.5, 0.6) is 11.5 Å². The zero-order valence-electron chi connectivity index (χ0n) is 16.0. The Hall–Kier alpha value is -1.79. The minimum atomic E-state index is -0.0620. The predicted molar refractivity (Wildman–Crippen MR) is 99.6 cm³/mol. The van der Waals surface area contributed by atoms with Crippen LogP contribution in [0.2, 0.25) is 0 Å². The smallest absolute Gasteiger partial charge is 0.251 e. The van der Waals surface area contributed by atoms with E-state index < -0.39 is 0 Å². The first-order valence-electron chi connectivity index (χ1n) is 8.98. The van der Waals surface area contributed by atoms with Gasteiger partial charge in [0.15, 0.2) is 11.5 Å². The molecule has 140 valence electrons. The van der Waals surface area contributed by atoms with E-state index in [-0.39, 0.29) is 11.9 Å². The average molecular weight is 349 g/mol. The van der Waals surface area contributed by atoms with Gasteiger partial charge in [0.1, 0.15) is 0 Å². The van der Waals surface area contributed by atoms with E-state index >= 15 is 0 Å². The van der Waals surface area contributed by atoms with Crippen LogP contribution in [0.25, 0.3) is 0 Å². The molecule has 0 radical (unpaired) electrons. The largest absolute Gasteiger partial charge is 0.490 e. The number of amides is 1. The Morgan fingerprint density at radius 1 is 1.20 bits per heavy atom. The summed E-state index contributed by atoms with van der Waals surface area (Å²) in [6.45, 7) is 7.77. The van der Waals surface area contributed by atoms with Gasteiger partial charge in [-0.3, -0.25) is 4.79 Å². The SMILES string of the molecule is CCOc1ccc(C(=O)N[C@@H]2CN(C)C[C@H]2CN(C)C)cc1OCC. The molecule has 1 heterocycles. The maximum Gasteiger partial charge on any atom is 0.251 e. The summed E-state index contributed by atoms with van der Waals surface area (Å²) in [6.07, 6.45) is 0. The molecule has 2 rings (SSSR count). The minimum Gasteiger partial charge on any atom is -0.490 e. The van der Waals surface area contributed by atoms with Crippen LogP contribution in [0.3, 0.4) is 0 Å². The van der Waals surface area contributed by atoms with Crippen molar-refractivity contribution in [2.75, 3.05) is 54.0 Å². The molecule has 1 aromatic rings. The van der Waals surface area contributed by atoms with E-state index in [0.29, 0.717) is 36.2 Å². The van der Waals surface area contributed by atoms with Crippen LogP contribution in [0.15, 0.2) is 18.2 Å². The summed E-state index contributed by atoms with van der Waals surface area (Å²) < 4.78 is 11.2. The molecule has 1 aliphatic heterocycles. The third-order valence-electron chi connectivity index (χ3n) is 4.35. The van der Waals surface area contributed by atoms with Crippen molar-refractivity contribution in [3.05, 3.63) is 23.8 Å². The number of hydrogen-bond donors (Lipinski definition) is 1. The van der Waals surface area contributed by atoms with Crippen LogP contribution in [0.1, 0.15) is 24.2 Å². The molecule has 0 spiro atoms. The highest BCUT2D eigenvalue weighted by molar-refractivity contribution is 5.95. The number of nitrogens with one attached hydrogen (secondary N) is 1. The van der Waals surface area contributed by atoms with E-state index in [9.17, 15) is 4.79 Å². The summed E-state index contributed by atoms with van der Waals surface area (Å²) >= 11 is 0. The Bertz CT molecular complexity index is 577. The lowest BCUT2D eigenvalue weighted by Gasteiger charge is -2.23. The number of rotatable bonds is 8. The molecule has 1 N–H and O–H groups in total. The van der Waals surface area contributed by atoms with Crippen LogP contribution >= 0.6 is 0 Å². The highest BCUT2D eigenvalue weighted by Crippen LogP contribution is 2.28. The third-order valence-corrected chi connectivity index (χ3v) is 4.35. The van der Waals surface area contributed by atoms with E-state index in [4.69, 9.17) is 9.47 Å². The van der Waals surface area contributed by atoms with E-state index in [1.807, 2.05) is 19.9 Å². The van der Waals surface area contributed by atoms with E-state index in [2.05, 4.69) is 36.3 Å². The third kappa shape index (κ3) is 5.34. The van der Waals surface area contributed by atoms with Gasteiger partial charge in [-0.2, -0.15) is 0 Å². The number of likely N-dealkylation sites (N-methyl/N-ethyl adjacent to an activating group) is 1. The van der Waals surface area contributed by atoms with Crippen LogP contribution < -0.4 is 14.8 Å². The first-order valence-corrected chi connectivity index (χ1v) is 8.98. The molecule has 0 bridgehead atoms. The van der Waals surface area contributed by atoms with Gasteiger partial charge in [0, 0.05) is 37.2 Å². The van der Waals surface area contributed by atoms with Crippen LogP contribution in [-0.4, -0.2) is 75.7 Å². The van der Waals surface area contributed by atoms with Gasteiger partial charge in [0.2, 0.25) is 0 Å². The lowest BCUT2D eigenvalue weighted by molar-refractivity contribution is 0.0926. The standard InChI is InChI=1S/C19H31N3O3/c1-6-24-17-9-8-14(10-18(17)25-7-2)19(23)20-16-13-22(5)12-15(16)11-21(3)4/h8-10,15-16H,6-7,11-13H2,1-5H3,(H,20,23)/t15-,16-/m1/s1. The maximum absolute atomic E-state index is 12.7. The van der Waals surface area contributed by atoms with Crippen molar-refractivity contribution in [2.24, 2.45) is 5.92 Å². The second-order valence-corrected chi connectivity index (χ2v) is 6.85. The van der Waals surface area contributed by atoms with Crippen LogP contribution in [-0.2, 0) is 0 Å². The second-order valence-electron chi connectivity index (χ2n) is 6.85. The van der Waals surface area contributed by atoms with Crippen molar-refractivity contribution in [3.63, 3.8) is 0 Å². The fraction of sp³-hybridized carbons (Fsp3) is 0.632. The summed E-state index contributed by atoms with van der Waals surface area (Å²) in [7, 11) is 6.23. The van der Waals surface area contributed by atoms with Gasteiger partial charge >= 0.3 is 0 Å². The number of likely N-dealkylation sites (tertiary alicyclic amines) is 1. The molecule has 2 atom stereocenters. The summed E-state index contributed by atoms with van der Waals surface area (Å²) in [4.78, 5) is 17.2. The lowest BCUT2D eigenvalue weighted by atomic mass is 10.0. The fourth-order valence-corrected chi connectivity index (χ4v) is 3.35. The molecule has 0 saturated carbocycles. The van der Waals surface area contributed by atoms with Crippen molar-refractivity contribution in [3.8, 4) is 11.5 Å². The quantitative estimate of drug-likeness (QED) is 0.774. The van der Waals surface area contributed by atoms with Gasteiger partial charge in [0.25, 0.3) is 5.91 Å². The number of carbonyl (C=O) groups excluding carboxylic acids is 1. The molecule has 25 heavy (non-hydrogen) atoms. The van der Waals surface area contributed by atoms with Gasteiger partial charge in [-0.15, -0.1) is 0 Å². The molecular formula is C19H31N3O3. The Morgan fingerprint density at radius 3 is 2.52 bits per heavy atom. The molecule has 0 aromatic heterocycles. The highest BCUT2D eigenvalue weighted by Gasteiger charge is 2.32. The molecule has 1 aliphatic rings. The summed E-state index contributed by atoms with van der Waals surface area (Å²) in [5.74, 6) is 1.66. The summed E-state index contributed by atoms with van der Waals surface area (Å²) in [5.41, 5.74) is 0.602. The van der Waals surface area contributed by atoms with Crippen molar-refractivity contribution in [1.82, 2.24) is 15.1 Å². The van der Waals surface area contributed by atoms with Crippen LogP contribution in [0, 0.1) is 5.92 Å². The molecule has 1 fully saturated rings. The summed E-state index contributed by atoms with van der Waals surface area (Å²) in [6, 6.07) is 5.52. The maximum atomic E-state index is 12.7. The van der Waals surface area contributed by atoms with E-state index in [1.54, 1.807) is 12.1 Å². The number of ether oxygens (including phenoxy) is 2. The molecule has 6 heteroatoms. The number of hydrogen-bond acceptors (Lipinski definition) is 5. The molecule has 0 aliphatic carbocycles. The molecule has 0 unspecified atom stereocenters. The van der Waals surface area contributed by atoms with Gasteiger partial charge < -0.3 is 24.6 Å². The van der Waals surface area contributed by atoms with Crippen LogP contribution in [0.4, 0.5) is 0 Å². The van der Waals surface area contributed by atoms with Gasteiger partial charge in [-0.05, 0) is 53.2 Å². The van der Waals surface area contributed by atoms with E-state index in [1.165, 1.54) is 0 Å². The van der Waals surface area contributed by atoms with E-state index in [0.717, 1.165) is 19.6 Å². The second kappa shape index (κ2) is 9.06. The zero-order valence-corrected chi connectivity index (χ0v) is 16.0. The Labute approximate surface area is 151 Å². The Morgan fingerprint density at radius 2 is 1.88 bits per heavy atom. The number of carbonyl (C=O) groups is 1. The predicted octanol–water partition coefficient (Wildman–Crippen LogP) is 1.71. The fourth-order valence-electron chi connectivity index (χ4n) is 3.35.